The highest BCUT2D eigenvalue weighted by Crippen LogP contribution is 2.43. The molecule has 19 heavy (non-hydrogen) atoms. The molecule has 1 aromatic rings. The third kappa shape index (κ3) is 2.03. The van der Waals surface area contributed by atoms with Crippen LogP contribution >= 0.6 is 0 Å². The number of aryl methyl sites for hydroxylation is 1. The molecule has 0 spiro atoms. The minimum Gasteiger partial charge on any atom is -0.468 e. The zero-order valence-corrected chi connectivity index (χ0v) is 11.4. The molecule has 0 bridgehead atoms. The quantitative estimate of drug-likeness (QED) is 0.765. The van der Waals surface area contributed by atoms with Crippen LogP contribution in [-0.2, 0) is 19.1 Å². The molecule has 4 heteroatoms. The molecule has 4 nitrogen and oxygen atoms in total. The number of hydrogen-bond acceptors (Lipinski definition) is 4. The highest BCUT2D eigenvalue weighted by Gasteiger charge is 2.39. The summed E-state index contributed by atoms with van der Waals surface area (Å²) in [7, 11) is 2.63. The number of carbonyl (C=O) groups is 2. The Labute approximate surface area is 112 Å². The minimum atomic E-state index is -0.687. The Morgan fingerprint density at radius 3 is 2.37 bits per heavy atom. The summed E-state index contributed by atoms with van der Waals surface area (Å²) >= 11 is 0. The van der Waals surface area contributed by atoms with Gasteiger partial charge in [-0.15, -0.1) is 0 Å². The molecule has 1 atom stereocenters. The van der Waals surface area contributed by atoms with Gasteiger partial charge in [-0.25, -0.2) is 4.79 Å². The molecule has 1 aliphatic carbocycles. The van der Waals surface area contributed by atoms with Crippen LogP contribution in [-0.4, -0.2) is 26.2 Å². The van der Waals surface area contributed by atoms with Crippen LogP contribution in [0.4, 0.5) is 0 Å². The van der Waals surface area contributed by atoms with Crippen LogP contribution in [0.5, 0.6) is 0 Å². The molecule has 0 radical (unpaired) electrons. The number of esters is 2. The maximum atomic E-state index is 12.0. The summed E-state index contributed by atoms with van der Waals surface area (Å²) in [5.41, 5.74) is 3.94. The number of rotatable bonds is 2. The molecule has 0 N–H and O–H groups in total. The monoisotopic (exact) mass is 260 g/mol. The second-order valence-corrected chi connectivity index (χ2v) is 4.58. The first-order valence-corrected chi connectivity index (χ1v) is 5.99. The first kappa shape index (κ1) is 13.3. The van der Waals surface area contributed by atoms with Crippen molar-refractivity contribution in [3.8, 4) is 0 Å². The number of benzene rings is 1. The molecule has 0 saturated carbocycles. The molecule has 1 aromatic carbocycles. The van der Waals surface area contributed by atoms with Gasteiger partial charge in [0.25, 0.3) is 0 Å². The van der Waals surface area contributed by atoms with E-state index in [4.69, 9.17) is 9.47 Å². The van der Waals surface area contributed by atoms with Gasteiger partial charge in [0.2, 0.25) is 0 Å². The normalized spacial score (nSPS) is 17.2. The molecular weight excluding hydrogens is 244 g/mol. The second-order valence-electron chi connectivity index (χ2n) is 4.58. The molecule has 1 unspecified atom stereocenters. The number of carbonyl (C=O) groups excluding carboxylic acids is 2. The lowest BCUT2D eigenvalue weighted by molar-refractivity contribution is -0.144. The van der Waals surface area contributed by atoms with Crippen molar-refractivity contribution in [2.75, 3.05) is 14.2 Å². The zero-order valence-electron chi connectivity index (χ0n) is 11.4. The van der Waals surface area contributed by atoms with Crippen molar-refractivity contribution in [2.45, 2.75) is 19.8 Å². The first-order chi connectivity index (χ1) is 9.01. The number of methoxy groups -OCH3 is 2. The van der Waals surface area contributed by atoms with Crippen molar-refractivity contribution < 1.29 is 19.1 Å². The van der Waals surface area contributed by atoms with Gasteiger partial charge in [-0.1, -0.05) is 23.8 Å². The lowest BCUT2D eigenvalue weighted by Gasteiger charge is -2.13. The van der Waals surface area contributed by atoms with E-state index in [1.807, 2.05) is 32.0 Å². The van der Waals surface area contributed by atoms with Crippen molar-refractivity contribution in [2.24, 2.45) is 0 Å². The summed E-state index contributed by atoms with van der Waals surface area (Å²) in [6, 6.07) is 5.75. The number of allylic oxidation sites excluding steroid dienone is 1. The smallest absolute Gasteiger partial charge is 0.335 e. The highest BCUT2D eigenvalue weighted by molar-refractivity contribution is 6.08. The predicted molar refractivity (Wildman–Crippen MR) is 70.5 cm³/mol. The number of fused-ring (bicyclic) bond motifs is 1. The van der Waals surface area contributed by atoms with Crippen LogP contribution in [0.15, 0.2) is 23.8 Å². The van der Waals surface area contributed by atoms with Crippen LogP contribution < -0.4 is 0 Å². The van der Waals surface area contributed by atoms with Gasteiger partial charge in [-0.2, -0.15) is 0 Å². The molecule has 1 aliphatic rings. The van der Waals surface area contributed by atoms with E-state index in [9.17, 15) is 9.59 Å². The molecule has 0 saturated heterocycles. The van der Waals surface area contributed by atoms with Gasteiger partial charge < -0.3 is 9.47 Å². The second kappa shape index (κ2) is 4.88. The molecule has 0 fully saturated rings. The lowest BCUT2D eigenvalue weighted by atomic mass is 9.95. The Hall–Kier alpha value is -2.10. The Kier molecular flexibility index (Phi) is 3.42. The van der Waals surface area contributed by atoms with Gasteiger partial charge in [0.05, 0.1) is 19.8 Å². The van der Waals surface area contributed by atoms with E-state index in [1.165, 1.54) is 14.2 Å². The van der Waals surface area contributed by atoms with Crippen molar-refractivity contribution in [1.29, 1.82) is 0 Å². The fourth-order valence-electron chi connectivity index (χ4n) is 2.51. The van der Waals surface area contributed by atoms with Gasteiger partial charge in [-0.05, 0) is 30.5 Å². The van der Waals surface area contributed by atoms with Crippen LogP contribution in [0.2, 0.25) is 0 Å². The lowest BCUT2D eigenvalue weighted by Crippen LogP contribution is -2.20. The topological polar surface area (TPSA) is 52.6 Å². The van der Waals surface area contributed by atoms with Crippen LogP contribution in [0, 0.1) is 6.92 Å². The third-order valence-corrected chi connectivity index (χ3v) is 3.46. The summed E-state index contributed by atoms with van der Waals surface area (Å²) in [5, 5.41) is 0. The molecular formula is C15H16O4. The van der Waals surface area contributed by atoms with Gasteiger partial charge >= 0.3 is 11.9 Å². The van der Waals surface area contributed by atoms with E-state index in [1.54, 1.807) is 0 Å². The van der Waals surface area contributed by atoms with E-state index < -0.39 is 17.9 Å². The van der Waals surface area contributed by atoms with Gasteiger partial charge in [-0.3, -0.25) is 4.79 Å². The van der Waals surface area contributed by atoms with Gasteiger partial charge in [0, 0.05) is 0 Å². The fourth-order valence-corrected chi connectivity index (χ4v) is 2.51. The maximum Gasteiger partial charge on any atom is 0.335 e. The van der Waals surface area contributed by atoms with Crippen molar-refractivity contribution in [3.05, 3.63) is 40.5 Å². The van der Waals surface area contributed by atoms with Crippen LogP contribution in [0.1, 0.15) is 29.5 Å². The predicted octanol–water partition coefficient (Wildman–Crippen LogP) is 2.21. The number of hydrogen-bond donors (Lipinski definition) is 0. The largest absolute Gasteiger partial charge is 0.468 e. The molecule has 100 valence electrons. The van der Waals surface area contributed by atoms with E-state index in [0.717, 1.165) is 22.3 Å². The summed E-state index contributed by atoms with van der Waals surface area (Å²) in [5.74, 6) is -1.61. The summed E-state index contributed by atoms with van der Waals surface area (Å²) in [4.78, 5) is 23.9. The Bertz CT molecular complexity index is 584. The fraction of sp³-hybridized carbons (Fsp3) is 0.333. The molecule has 0 aliphatic heterocycles. The minimum absolute atomic E-state index is 0.370. The van der Waals surface area contributed by atoms with E-state index in [-0.39, 0.29) is 0 Å². The van der Waals surface area contributed by atoms with Crippen molar-refractivity contribution in [3.63, 3.8) is 0 Å². The summed E-state index contributed by atoms with van der Waals surface area (Å²) in [6.45, 7) is 3.80. The van der Waals surface area contributed by atoms with Crippen LogP contribution in [0.25, 0.3) is 5.57 Å². The molecule has 0 amide bonds. The Balaban J connectivity index is 2.64. The van der Waals surface area contributed by atoms with E-state index in [2.05, 4.69) is 0 Å². The highest BCUT2D eigenvalue weighted by atomic mass is 16.5. The first-order valence-electron chi connectivity index (χ1n) is 5.99. The average molecular weight is 260 g/mol. The maximum absolute atomic E-state index is 12.0. The number of ether oxygens (including phenoxy) is 2. The van der Waals surface area contributed by atoms with Crippen molar-refractivity contribution in [1.82, 2.24) is 0 Å². The van der Waals surface area contributed by atoms with Crippen LogP contribution in [0.3, 0.4) is 0 Å². The van der Waals surface area contributed by atoms with Gasteiger partial charge in [0.1, 0.15) is 5.92 Å². The molecule has 0 heterocycles. The average Bonchev–Trinajstić information content (AvgIpc) is 2.70. The summed E-state index contributed by atoms with van der Waals surface area (Å²) < 4.78 is 9.60. The van der Waals surface area contributed by atoms with E-state index >= 15 is 0 Å². The SMILES string of the molecule is COC(=O)C1=C(C)c2cc(C)ccc2C1C(=O)OC. The summed E-state index contributed by atoms with van der Waals surface area (Å²) in [6.07, 6.45) is 0. The van der Waals surface area contributed by atoms with Gasteiger partial charge in [0.15, 0.2) is 0 Å². The van der Waals surface area contributed by atoms with E-state index in [0.29, 0.717) is 5.57 Å². The Morgan fingerprint density at radius 2 is 1.79 bits per heavy atom. The standard InChI is InChI=1S/C15H16O4/c1-8-5-6-10-11(7-8)9(2)12(14(16)18-3)13(10)15(17)19-4/h5-7,13H,1-4H3. The molecule has 0 aromatic heterocycles. The molecule has 2 rings (SSSR count). The third-order valence-electron chi connectivity index (χ3n) is 3.46. The van der Waals surface area contributed by atoms with Crippen molar-refractivity contribution >= 4 is 17.5 Å². The zero-order chi connectivity index (χ0) is 14.2. The Morgan fingerprint density at radius 1 is 1.11 bits per heavy atom.